The number of nitrogen functional groups attached to an aromatic ring is 1. The first-order valence-electron chi connectivity index (χ1n) is 7.12. The van der Waals surface area contributed by atoms with E-state index in [1.54, 1.807) is 18.3 Å². The summed E-state index contributed by atoms with van der Waals surface area (Å²) in [6.45, 7) is 3.67. The summed E-state index contributed by atoms with van der Waals surface area (Å²) in [6.07, 6.45) is 1.63. The van der Waals surface area contributed by atoms with E-state index >= 15 is 0 Å². The number of carbonyl (C=O) groups is 2. The maximum absolute atomic E-state index is 12.3. The highest BCUT2D eigenvalue weighted by Crippen LogP contribution is 2.26. The fourth-order valence-corrected chi connectivity index (χ4v) is 2.81. The van der Waals surface area contributed by atoms with E-state index in [0.717, 1.165) is 10.4 Å². The third-order valence-corrected chi connectivity index (χ3v) is 4.35. The Hall–Kier alpha value is -2.41. The summed E-state index contributed by atoms with van der Waals surface area (Å²) in [5.41, 5.74) is 7.27. The zero-order chi connectivity index (χ0) is 17.0. The Bertz CT molecular complexity index is 695. The van der Waals surface area contributed by atoms with Crippen LogP contribution in [0, 0.1) is 5.92 Å². The molecule has 3 N–H and O–H groups in total. The number of amides is 1. The van der Waals surface area contributed by atoms with Crippen LogP contribution in [0.15, 0.2) is 30.5 Å². The van der Waals surface area contributed by atoms with E-state index in [9.17, 15) is 9.59 Å². The Balaban J connectivity index is 2.14. The van der Waals surface area contributed by atoms with Crippen molar-refractivity contribution in [3.8, 4) is 10.4 Å². The quantitative estimate of drug-likeness (QED) is 0.647. The van der Waals surface area contributed by atoms with Crippen molar-refractivity contribution in [1.82, 2.24) is 10.3 Å². The number of rotatable bonds is 5. The first-order chi connectivity index (χ1) is 10.9. The van der Waals surface area contributed by atoms with E-state index in [1.165, 1.54) is 18.4 Å². The van der Waals surface area contributed by atoms with E-state index in [4.69, 9.17) is 10.5 Å². The fourth-order valence-electron chi connectivity index (χ4n) is 1.99. The van der Waals surface area contributed by atoms with Crippen molar-refractivity contribution in [2.45, 2.75) is 19.9 Å². The van der Waals surface area contributed by atoms with Crippen LogP contribution in [0.4, 0.5) is 5.69 Å². The van der Waals surface area contributed by atoms with Crippen molar-refractivity contribution in [3.63, 3.8) is 0 Å². The van der Waals surface area contributed by atoms with E-state index < -0.39 is 12.0 Å². The molecule has 2 aromatic rings. The Morgan fingerprint density at radius 2 is 1.91 bits per heavy atom. The van der Waals surface area contributed by atoms with Gasteiger partial charge in [0.1, 0.15) is 6.04 Å². The van der Waals surface area contributed by atoms with Crippen LogP contribution in [0.1, 0.15) is 23.6 Å². The molecule has 0 saturated carbocycles. The van der Waals surface area contributed by atoms with Crippen molar-refractivity contribution in [2.24, 2.45) is 5.92 Å². The normalized spacial score (nSPS) is 12.0. The van der Waals surface area contributed by atoms with Gasteiger partial charge in [0.2, 0.25) is 0 Å². The number of aromatic nitrogens is 1. The zero-order valence-corrected chi connectivity index (χ0v) is 14.0. The molecule has 0 unspecified atom stereocenters. The molecule has 7 heteroatoms. The van der Waals surface area contributed by atoms with Gasteiger partial charge in [0.15, 0.2) is 5.01 Å². The number of carbonyl (C=O) groups excluding carboxylic acids is 2. The first kappa shape index (κ1) is 17.0. The maximum atomic E-state index is 12.3. The van der Waals surface area contributed by atoms with Crippen molar-refractivity contribution < 1.29 is 14.3 Å². The summed E-state index contributed by atoms with van der Waals surface area (Å²) in [6, 6.07) is 6.63. The molecule has 1 aromatic carbocycles. The number of ether oxygens (including phenoxy) is 1. The third kappa shape index (κ3) is 4.07. The third-order valence-electron chi connectivity index (χ3n) is 3.30. The Labute approximate surface area is 138 Å². The molecule has 23 heavy (non-hydrogen) atoms. The Morgan fingerprint density at radius 1 is 1.26 bits per heavy atom. The van der Waals surface area contributed by atoms with Crippen molar-refractivity contribution in [3.05, 3.63) is 35.5 Å². The summed E-state index contributed by atoms with van der Waals surface area (Å²) < 4.78 is 4.71. The number of thiazole rings is 1. The average Bonchev–Trinajstić information content (AvgIpc) is 3.02. The van der Waals surface area contributed by atoms with Gasteiger partial charge in [0.05, 0.1) is 12.0 Å². The molecule has 0 aliphatic carbocycles. The summed E-state index contributed by atoms with van der Waals surface area (Å²) in [5, 5.41) is 2.97. The Kier molecular flexibility index (Phi) is 5.33. The summed E-state index contributed by atoms with van der Waals surface area (Å²) in [7, 11) is 1.30. The molecule has 0 spiro atoms. The zero-order valence-electron chi connectivity index (χ0n) is 13.2. The van der Waals surface area contributed by atoms with Crippen LogP contribution in [-0.4, -0.2) is 30.0 Å². The van der Waals surface area contributed by atoms with Crippen LogP contribution in [0.2, 0.25) is 0 Å². The largest absolute Gasteiger partial charge is 0.467 e. The number of anilines is 1. The van der Waals surface area contributed by atoms with E-state index in [0.29, 0.717) is 10.7 Å². The van der Waals surface area contributed by atoms with Crippen LogP contribution in [0.25, 0.3) is 10.4 Å². The van der Waals surface area contributed by atoms with Gasteiger partial charge in [-0.3, -0.25) is 4.79 Å². The smallest absolute Gasteiger partial charge is 0.328 e. The SMILES string of the molecule is COC(=O)[C@H](NC(=O)c1ncc(-c2ccc(N)cc2)s1)C(C)C. The molecule has 6 nitrogen and oxygen atoms in total. The molecule has 0 bridgehead atoms. The lowest BCUT2D eigenvalue weighted by Gasteiger charge is -2.18. The lowest BCUT2D eigenvalue weighted by Crippen LogP contribution is -2.44. The molecule has 1 atom stereocenters. The maximum Gasteiger partial charge on any atom is 0.328 e. The monoisotopic (exact) mass is 333 g/mol. The minimum absolute atomic E-state index is 0.0806. The minimum Gasteiger partial charge on any atom is -0.467 e. The molecule has 2 rings (SSSR count). The molecule has 0 aliphatic rings. The van der Waals surface area contributed by atoms with Gasteiger partial charge in [0, 0.05) is 11.9 Å². The van der Waals surface area contributed by atoms with E-state index in [2.05, 4.69) is 10.3 Å². The van der Waals surface area contributed by atoms with Crippen molar-refractivity contribution in [1.29, 1.82) is 0 Å². The molecule has 1 heterocycles. The highest BCUT2D eigenvalue weighted by atomic mass is 32.1. The second kappa shape index (κ2) is 7.23. The lowest BCUT2D eigenvalue weighted by molar-refractivity contribution is -0.144. The van der Waals surface area contributed by atoms with E-state index in [-0.39, 0.29) is 11.8 Å². The molecular formula is C16H19N3O3S. The second-order valence-corrected chi connectivity index (χ2v) is 6.40. The van der Waals surface area contributed by atoms with Crippen molar-refractivity contribution in [2.75, 3.05) is 12.8 Å². The number of methoxy groups -OCH3 is 1. The number of nitrogens with zero attached hydrogens (tertiary/aromatic N) is 1. The van der Waals surface area contributed by atoms with Crippen LogP contribution in [0.5, 0.6) is 0 Å². The lowest BCUT2D eigenvalue weighted by atomic mass is 10.0. The average molecular weight is 333 g/mol. The van der Waals surface area contributed by atoms with Crippen LogP contribution >= 0.6 is 11.3 Å². The standard InChI is InChI=1S/C16H19N3O3S/c1-9(2)13(16(21)22-3)19-14(20)15-18-8-12(23-15)10-4-6-11(17)7-5-10/h4-9,13H,17H2,1-3H3,(H,19,20)/t13-/m1/s1. The fraction of sp³-hybridized carbons (Fsp3) is 0.312. The second-order valence-electron chi connectivity index (χ2n) is 5.37. The van der Waals surface area contributed by atoms with Crippen LogP contribution < -0.4 is 11.1 Å². The minimum atomic E-state index is -0.698. The molecule has 1 aromatic heterocycles. The predicted octanol–water partition coefficient (Wildman–Crippen LogP) is 2.32. The Morgan fingerprint density at radius 3 is 2.48 bits per heavy atom. The highest BCUT2D eigenvalue weighted by Gasteiger charge is 2.26. The number of nitrogens with one attached hydrogen (secondary N) is 1. The van der Waals surface area contributed by atoms with E-state index in [1.807, 2.05) is 26.0 Å². The molecule has 0 radical (unpaired) electrons. The number of benzene rings is 1. The molecule has 0 fully saturated rings. The molecule has 122 valence electrons. The van der Waals surface area contributed by atoms with Gasteiger partial charge in [-0.25, -0.2) is 9.78 Å². The highest BCUT2D eigenvalue weighted by molar-refractivity contribution is 7.17. The molecular weight excluding hydrogens is 314 g/mol. The molecule has 1 amide bonds. The van der Waals surface area contributed by atoms with Gasteiger partial charge >= 0.3 is 5.97 Å². The molecule has 0 saturated heterocycles. The van der Waals surface area contributed by atoms with Gasteiger partial charge in [-0.15, -0.1) is 11.3 Å². The number of esters is 1. The first-order valence-corrected chi connectivity index (χ1v) is 7.94. The summed E-state index contributed by atoms with van der Waals surface area (Å²) in [4.78, 5) is 29.0. The summed E-state index contributed by atoms with van der Waals surface area (Å²) in [5.74, 6) is -0.938. The van der Waals surface area contributed by atoms with Gasteiger partial charge < -0.3 is 15.8 Å². The van der Waals surface area contributed by atoms with Crippen LogP contribution in [0.3, 0.4) is 0 Å². The van der Waals surface area contributed by atoms with Gasteiger partial charge in [0.25, 0.3) is 5.91 Å². The number of nitrogens with two attached hydrogens (primary N) is 1. The number of hydrogen-bond donors (Lipinski definition) is 2. The van der Waals surface area contributed by atoms with Crippen molar-refractivity contribution >= 4 is 28.9 Å². The molecule has 0 aliphatic heterocycles. The van der Waals surface area contributed by atoms with Gasteiger partial charge in [-0.1, -0.05) is 26.0 Å². The summed E-state index contributed by atoms with van der Waals surface area (Å²) >= 11 is 1.26. The topological polar surface area (TPSA) is 94.3 Å². The number of hydrogen-bond acceptors (Lipinski definition) is 6. The predicted molar refractivity (Wildman–Crippen MR) is 90.1 cm³/mol. The van der Waals surface area contributed by atoms with Gasteiger partial charge in [-0.05, 0) is 23.6 Å². The van der Waals surface area contributed by atoms with Gasteiger partial charge in [-0.2, -0.15) is 0 Å². The van der Waals surface area contributed by atoms with Crippen LogP contribution in [-0.2, 0) is 9.53 Å².